The van der Waals surface area contributed by atoms with E-state index in [0.717, 1.165) is 0 Å². The molecule has 3 aromatic carbocycles. The van der Waals surface area contributed by atoms with E-state index in [1.54, 1.807) is 37.3 Å². The molecule has 240 valence electrons. The molecule has 0 aromatic heterocycles. The number of hydrogen-bond donors (Lipinski definition) is 5. The van der Waals surface area contributed by atoms with Gasteiger partial charge in [-0.3, -0.25) is 19.2 Å². The summed E-state index contributed by atoms with van der Waals surface area (Å²) >= 11 is 0. The Kier molecular flexibility index (Phi) is 7.93. The third-order valence-corrected chi connectivity index (χ3v) is 9.11. The highest BCUT2D eigenvalue weighted by atomic mass is 16.7. The topological polar surface area (TPSA) is 189 Å². The van der Waals surface area contributed by atoms with Gasteiger partial charge in [0.25, 0.3) is 5.91 Å². The Labute approximate surface area is 263 Å². The fourth-order valence-corrected chi connectivity index (χ4v) is 6.61. The van der Waals surface area contributed by atoms with Crippen LogP contribution in [-0.4, -0.2) is 80.9 Å². The average molecular weight is 632 g/mol. The number of hydrogen-bond acceptors (Lipinski definition) is 11. The molecule has 5 N–H and O–H groups in total. The molecule has 6 rings (SSSR count). The van der Waals surface area contributed by atoms with E-state index in [1.165, 1.54) is 32.2 Å². The second kappa shape index (κ2) is 11.6. The predicted octanol–water partition coefficient (Wildman–Crippen LogP) is 2.50. The molecule has 1 saturated heterocycles. The number of amides is 1. The van der Waals surface area contributed by atoms with Gasteiger partial charge < -0.3 is 40.0 Å². The lowest BCUT2D eigenvalue weighted by atomic mass is 9.72. The Balaban J connectivity index is 1.40. The first-order valence-electron chi connectivity index (χ1n) is 14.8. The fraction of sp³-hybridized carbons (Fsp3) is 0.353. The standard InChI is InChI=1S/C34H33NO11/c1-15-28(37)20(35-33(42)17-8-5-4-6-9-17)12-23(45-15)46-22-14-34(43,16(2)36)13-19-25(22)32(41)27-26(30(19)39)29(38)18-10-7-11-21(44-3)24(18)31(27)40/h4-11,15,20,22-23,28,37,39,41,43H,12-14H2,1-3H3,(H,35,42)/t15?,20?,22-,23?,28?,34-/m0/s1. The van der Waals surface area contributed by atoms with Crippen LogP contribution in [0, 0.1) is 0 Å². The fourth-order valence-electron chi connectivity index (χ4n) is 6.61. The van der Waals surface area contributed by atoms with Crippen molar-refractivity contribution in [1.29, 1.82) is 0 Å². The van der Waals surface area contributed by atoms with Crippen LogP contribution in [0.1, 0.15) is 86.1 Å². The van der Waals surface area contributed by atoms with Crippen LogP contribution in [0.2, 0.25) is 0 Å². The van der Waals surface area contributed by atoms with E-state index in [1.807, 2.05) is 0 Å². The van der Waals surface area contributed by atoms with E-state index in [0.29, 0.717) is 5.56 Å². The Bertz CT molecular complexity index is 1770. The van der Waals surface area contributed by atoms with Gasteiger partial charge in [-0.25, -0.2) is 0 Å². The Morgan fingerprint density at radius 2 is 1.67 bits per heavy atom. The molecular formula is C34H33NO11. The summed E-state index contributed by atoms with van der Waals surface area (Å²) in [6.07, 6.45) is -5.31. The van der Waals surface area contributed by atoms with Gasteiger partial charge >= 0.3 is 0 Å². The molecule has 0 spiro atoms. The van der Waals surface area contributed by atoms with Crippen LogP contribution in [0.5, 0.6) is 17.2 Å². The van der Waals surface area contributed by atoms with Crippen LogP contribution < -0.4 is 10.1 Å². The molecule has 1 aliphatic heterocycles. The van der Waals surface area contributed by atoms with Gasteiger partial charge in [-0.1, -0.05) is 30.3 Å². The number of benzene rings is 3. The molecule has 46 heavy (non-hydrogen) atoms. The number of carbonyl (C=O) groups is 4. The Hall–Kier alpha value is -4.62. The third kappa shape index (κ3) is 5.03. The molecule has 6 atom stereocenters. The highest BCUT2D eigenvalue weighted by Crippen LogP contribution is 2.52. The number of methoxy groups -OCH3 is 1. The molecule has 0 bridgehead atoms. The molecule has 4 unspecified atom stereocenters. The first-order chi connectivity index (χ1) is 21.9. The Morgan fingerprint density at radius 3 is 2.35 bits per heavy atom. The zero-order valence-electron chi connectivity index (χ0n) is 25.3. The summed E-state index contributed by atoms with van der Waals surface area (Å²) < 4.78 is 17.5. The second-order valence-corrected chi connectivity index (χ2v) is 11.9. The molecule has 3 aromatic rings. The Morgan fingerprint density at radius 1 is 0.978 bits per heavy atom. The zero-order valence-corrected chi connectivity index (χ0v) is 25.3. The number of aliphatic hydroxyl groups is 2. The SMILES string of the molecule is COc1cccc2c1C(=O)c1c(O)c3c(c(O)c1C2=O)C[C@@](O)(C(C)=O)C[C@@H]3OC1CC(NC(=O)c2ccccc2)C(O)C(C)O1. The van der Waals surface area contributed by atoms with Crippen molar-refractivity contribution in [3.8, 4) is 17.2 Å². The summed E-state index contributed by atoms with van der Waals surface area (Å²) in [5, 5.41) is 48.2. The maximum Gasteiger partial charge on any atom is 0.251 e. The summed E-state index contributed by atoms with van der Waals surface area (Å²) in [6, 6.07) is 12.0. The number of rotatable bonds is 6. The van der Waals surface area contributed by atoms with Crippen molar-refractivity contribution >= 4 is 23.3 Å². The predicted molar refractivity (Wildman–Crippen MR) is 160 cm³/mol. The summed E-state index contributed by atoms with van der Waals surface area (Å²) in [6.45, 7) is 2.75. The van der Waals surface area contributed by atoms with Crippen LogP contribution in [-0.2, 0) is 20.7 Å². The van der Waals surface area contributed by atoms with Crippen LogP contribution in [0.4, 0.5) is 0 Å². The largest absolute Gasteiger partial charge is 0.507 e. The lowest BCUT2D eigenvalue weighted by molar-refractivity contribution is -0.248. The van der Waals surface area contributed by atoms with E-state index in [2.05, 4.69) is 5.32 Å². The van der Waals surface area contributed by atoms with Crippen molar-refractivity contribution in [1.82, 2.24) is 5.32 Å². The summed E-state index contributed by atoms with van der Waals surface area (Å²) in [5.41, 5.74) is -2.94. The summed E-state index contributed by atoms with van der Waals surface area (Å²) in [5.74, 6) is -3.80. The third-order valence-electron chi connectivity index (χ3n) is 9.11. The first-order valence-corrected chi connectivity index (χ1v) is 14.8. The number of ketones is 3. The van der Waals surface area contributed by atoms with E-state index in [-0.39, 0.29) is 40.8 Å². The van der Waals surface area contributed by atoms with Gasteiger partial charge in [0.2, 0.25) is 5.78 Å². The molecule has 1 fully saturated rings. The van der Waals surface area contributed by atoms with Crippen LogP contribution >= 0.6 is 0 Å². The van der Waals surface area contributed by atoms with Gasteiger partial charge in [0.05, 0.1) is 42.0 Å². The summed E-state index contributed by atoms with van der Waals surface area (Å²) in [7, 11) is 1.33. The zero-order chi connectivity index (χ0) is 33.1. The van der Waals surface area contributed by atoms with Crippen molar-refractivity contribution < 1.29 is 53.8 Å². The van der Waals surface area contributed by atoms with Crippen molar-refractivity contribution in [3.05, 3.63) is 87.5 Å². The minimum Gasteiger partial charge on any atom is -0.507 e. The lowest BCUT2D eigenvalue weighted by Gasteiger charge is -2.42. The quantitative estimate of drug-likeness (QED) is 0.197. The van der Waals surface area contributed by atoms with Crippen LogP contribution in [0.25, 0.3) is 0 Å². The van der Waals surface area contributed by atoms with Crippen LogP contribution in [0.15, 0.2) is 48.5 Å². The lowest BCUT2D eigenvalue weighted by Crippen LogP contribution is -2.55. The number of aliphatic hydroxyl groups excluding tert-OH is 1. The highest BCUT2D eigenvalue weighted by Gasteiger charge is 2.49. The van der Waals surface area contributed by atoms with Crippen molar-refractivity contribution in [3.63, 3.8) is 0 Å². The summed E-state index contributed by atoms with van der Waals surface area (Å²) in [4.78, 5) is 53.1. The molecule has 12 nitrogen and oxygen atoms in total. The maximum atomic E-state index is 13.8. The van der Waals surface area contributed by atoms with Crippen molar-refractivity contribution in [2.75, 3.05) is 7.11 Å². The minimum atomic E-state index is -2.07. The first kappa shape index (κ1) is 31.4. The second-order valence-electron chi connectivity index (χ2n) is 11.9. The molecule has 1 heterocycles. The molecule has 0 radical (unpaired) electrons. The van der Waals surface area contributed by atoms with Crippen LogP contribution in [0.3, 0.4) is 0 Å². The van der Waals surface area contributed by atoms with Gasteiger partial charge in [0, 0.05) is 41.5 Å². The van der Waals surface area contributed by atoms with Gasteiger partial charge in [0.15, 0.2) is 17.9 Å². The minimum absolute atomic E-state index is 0.0383. The maximum absolute atomic E-state index is 13.8. The number of phenols is 2. The number of aromatic hydroxyl groups is 2. The molecule has 2 aliphatic carbocycles. The van der Waals surface area contributed by atoms with E-state index in [4.69, 9.17) is 14.2 Å². The van der Waals surface area contributed by atoms with Gasteiger partial charge in [-0.15, -0.1) is 0 Å². The van der Waals surface area contributed by atoms with Gasteiger partial charge in [-0.2, -0.15) is 0 Å². The molecular weight excluding hydrogens is 598 g/mol. The molecule has 0 saturated carbocycles. The van der Waals surface area contributed by atoms with Gasteiger partial charge in [0.1, 0.15) is 29.0 Å². The smallest absolute Gasteiger partial charge is 0.251 e. The monoisotopic (exact) mass is 631 g/mol. The van der Waals surface area contributed by atoms with E-state index >= 15 is 0 Å². The highest BCUT2D eigenvalue weighted by molar-refractivity contribution is 6.31. The van der Waals surface area contributed by atoms with E-state index in [9.17, 15) is 39.6 Å². The van der Waals surface area contributed by atoms with E-state index < -0.39 is 88.5 Å². The number of ether oxygens (including phenoxy) is 3. The number of nitrogens with one attached hydrogen (secondary N) is 1. The normalized spacial score (nSPS) is 26.8. The molecule has 3 aliphatic rings. The number of Topliss-reactive ketones (excluding diaryl/α,β-unsaturated/α-hetero) is 1. The average Bonchev–Trinajstić information content (AvgIpc) is 3.03. The number of fused-ring (bicyclic) bond motifs is 3. The number of carbonyl (C=O) groups excluding carboxylic acids is 4. The number of phenolic OH excluding ortho intramolecular Hbond substituents is 2. The van der Waals surface area contributed by atoms with Crippen molar-refractivity contribution in [2.45, 2.75) is 69.4 Å². The van der Waals surface area contributed by atoms with Gasteiger partial charge in [-0.05, 0) is 32.0 Å². The van der Waals surface area contributed by atoms with Crippen molar-refractivity contribution in [2.24, 2.45) is 0 Å². The molecule has 1 amide bonds. The molecule has 12 heteroatoms.